The van der Waals surface area contributed by atoms with Gasteiger partial charge in [-0.1, -0.05) is 13.0 Å². The van der Waals surface area contributed by atoms with E-state index in [0.29, 0.717) is 17.5 Å². The van der Waals surface area contributed by atoms with E-state index < -0.39 is 0 Å². The first kappa shape index (κ1) is 9.21. The summed E-state index contributed by atoms with van der Waals surface area (Å²) in [7, 11) is 0. The van der Waals surface area contributed by atoms with Gasteiger partial charge < -0.3 is 10.2 Å². The minimum atomic E-state index is -0.244. The van der Waals surface area contributed by atoms with Crippen molar-refractivity contribution in [3.05, 3.63) is 35.8 Å². The molecule has 2 rings (SSSR count). The zero-order valence-electron chi connectivity index (χ0n) is 7.96. The normalized spacial score (nSPS) is 13.4. The number of halogens is 1. The van der Waals surface area contributed by atoms with E-state index in [9.17, 15) is 4.39 Å². The van der Waals surface area contributed by atoms with Gasteiger partial charge in [0.2, 0.25) is 0 Å². The Balaban J connectivity index is 2.67. The molecule has 0 amide bonds. The van der Waals surface area contributed by atoms with E-state index in [0.717, 1.165) is 5.56 Å². The Bertz CT molecular complexity index is 449. The van der Waals surface area contributed by atoms with Crippen LogP contribution in [-0.4, -0.2) is 6.54 Å². The molecule has 0 spiro atoms. The first-order chi connectivity index (χ1) is 6.74. The van der Waals surface area contributed by atoms with Crippen molar-refractivity contribution in [1.82, 2.24) is 0 Å². The number of hydrogen-bond acceptors (Lipinski definition) is 2. The topological polar surface area (TPSA) is 39.2 Å². The lowest BCUT2D eigenvalue weighted by Crippen LogP contribution is -2.08. The van der Waals surface area contributed by atoms with Crippen molar-refractivity contribution in [3.8, 4) is 0 Å². The highest BCUT2D eigenvalue weighted by Crippen LogP contribution is 2.28. The van der Waals surface area contributed by atoms with Gasteiger partial charge in [0.1, 0.15) is 11.4 Å². The lowest BCUT2D eigenvalue weighted by atomic mass is 10.0. The van der Waals surface area contributed by atoms with Crippen molar-refractivity contribution in [1.29, 1.82) is 0 Å². The second-order valence-electron chi connectivity index (χ2n) is 3.44. The summed E-state index contributed by atoms with van der Waals surface area (Å²) in [5, 5.41) is 0.561. The van der Waals surface area contributed by atoms with Gasteiger partial charge in [0.05, 0.1) is 11.6 Å². The molecule has 0 radical (unpaired) electrons. The molecule has 2 aromatic rings. The van der Waals surface area contributed by atoms with E-state index in [1.165, 1.54) is 6.07 Å². The molecule has 1 aromatic heterocycles. The van der Waals surface area contributed by atoms with Crippen LogP contribution in [0.2, 0.25) is 0 Å². The first-order valence-electron chi connectivity index (χ1n) is 4.59. The summed E-state index contributed by atoms with van der Waals surface area (Å²) in [6, 6.07) is 4.83. The molecule has 74 valence electrons. The predicted molar refractivity (Wildman–Crippen MR) is 53.6 cm³/mol. The summed E-state index contributed by atoms with van der Waals surface area (Å²) in [4.78, 5) is 0. The number of hydrogen-bond donors (Lipinski definition) is 1. The number of fused-ring (bicyclic) bond motifs is 1. The Morgan fingerprint density at radius 3 is 3.00 bits per heavy atom. The van der Waals surface area contributed by atoms with Gasteiger partial charge in [0, 0.05) is 5.56 Å². The van der Waals surface area contributed by atoms with Crippen molar-refractivity contribution in [3.63, 3.8) is 0 Å². The summed E-state index contributed by atoms with van der Waals surface area (Å²) in [5.41, 5.74) is 6.97. The lowest BCUT2D eigenvalue weighted by Gasteiger charge is -2.05. The van der Waals surface area contributed by atoms with Gasteiger partial charge in [0.15, 0.2) is 0 Å². The molecule has 14 heavy (non-hydrogen) atoms. The number of furan rings is 1. The number of rotatable bonds is 2. The van der Waals surface area contributed by atoms with Gasteiger partial charge in [-0.05, 0) is 24.6 Å². The zero-order valence-corrected chi connectivity index (χ0v) is 7.96. The van der Waals surface area contributed by atoms with Crippen LogP contribution < -0.4 is 5.73 Å². The van der Waals surface area contributed by atoms with E-state index in [4.69, 9.17) is 10.2 Å². The Morgan fingerprint density at radius 2 is 2.29 bits per heavy atom. The molecular weight excluding hydrogens is 181 g/mol. The maximum absolute atomic E-state index is 13.5. The lowest BCUT2D eigenvalue weighted by molar-refractivity contribution is 0.602. The number of benzene rings is 1. The van der Waals surface area contributed by atoms with Crippen LogP contribution in [0.25, 0.3) is 11.0 Å². The van der Waals surface area contributed by atoms with Crippen LogP contribution in [-0.2, 0) is 0 Å². The summed E-state index contributed by atoms with van der Waals surface area (Å²) < 4.78 is 18.7. The van der Waals surface area contributed by atoms with Crippen molar-refractivity contribution in [2.75, 3.05) is 6.54 Å². The van der Waals surface area contributed by atoms with Gasteiger partial charge in [-0.15, -0.1) is 0 Å². The minimum absolute atomic E-state index is 0.119. The fraction of sp³-hybridized carbons (Fsp3) is 0.273. The number of nitrogens with two attached hydrogens (primary N) is 1. The predicted octanol–water partition coefficient (Wildman–Crippen LogP) is 2.63. The molecule has 0 saturated heterocycles. The molecule has 0 fully saturated rings. The largest absolute Gasteiger partial charge is 0.464 e. The molecule has 1 atom stereocenters. The molecule has 3 heteroatoms. The fourth-order valence-electron chi connectivity index (χ4n) is 1.56. The maximum Gasteiger partial charge on any atom is 0.137 e. The van der Waals surface area contributed by atoms with Crippen LogP contribution >= 0.6 is 0 Å². The quantitative estimate of drug-likeness (QED) is 0.796. The third-order valence-electron chi connectivity index (χ3n) is 2.46. The molecule has 2 nitrogen and oxygen atoms in total. The molecule has 1 unspecified atom stereocenters. The zero-order chi connectivity index (χ0) is 10.1. The second kappa shape index (κ2) is 3.42. The third kappa shape index (κ3) is 1.30. The summed E-state index contributed by atoms with van der Waals surface area (Å²) in [6.07, 6.45) is 1.59. The van der Waals surface area contributed by atoms with E-state index in [-0.39, 0.29) is 11.7 Å². The molecule has 0 aliphatic rings. The van der Waals surface area contributed by atoms with Crippen molar-refractivity contribution in [2.45, 2.75) is 12.8 Å². The highest BCUT2D eigenvalue weighted by atomic mass is 19.1. The molecule has 0 aliphatic heterocycles. The van der Waals surface area contributed by atoms with Crippen molar-refractivity contribution >= 4 is 11.0 Å². The third-order valence-corrected chi connectivity index (χ3v) is 2.46. The average Bonchev–Trinajstić information content (AvgIpc) is 2.62. The highest BCUT2D eigenvalue weighted by Gasteiger charge is 2.14. The average molecular weight is 193 g/mol. The Hall–Kier alpha value is -1.35. The van der Waals surface area contributed by atoms with Crippen molar-refractivity contribution < 1.29 is 8.81 Å². The van der Waals surface area contributed by atoms with Gasteiger partial charge in [-0.2, -0.15) is 0 Å². The molecule has 0 saturated carbocycles. The van der Waals surface area contributed by atoms with E-state index in [1.54, 1.807) is 18.4 Å². The van der Waals surface area contributed by atoms with Crippen LogP contribution in [0.5, 0.6) is 0 Å². The van der Waals surface area contributed by atoms with Crippen LogP contribution in [0.15, 0.2) is 28.9 Å². The molecule has 2 N–H and O–H groups in total. The molecule has 0 bridgehead atoms. The van der Waals surface area contributed by atoms with Gasteiger partial charge >= 0.3 is 0 Å². The fourth-order valence-corrected chi connectivity index (χ4v) is 1.56. The minimum Gasteiger partial charge on any atom is -0.464 e. The van der Waals surface area contributed by atoms with E-state index in [2.05, 4.69) is 0 Å². The van der Waals surface area contributed by atoms with Gasteiger partial charge in [-0.3, -0.25) is 0 Å². The van der Waals surface area contributed by atoms with Gasteiger partial charge in [-0.25, -0.2) is 4.39 Å². The molecule has 1 heterocycles. The maximum atomic E-state index is 13.5. The first-order valence-corrected chi connectivity index (χ1v) is 4.59. The smallest absolute Gasteiger partial charge is 0.137 e. The van der Waals surface area contributed by atoms with Crippen LogP contribution in [0.1, 0.15) is 18.4 Å². The highest BCUT2D eigenvalue weighted by molar-refractivity contribution is 5.82. The Labute approximate surface area is 81.5 Å². The standard InChI is InChI=1S/C11H12FNO/c1-7(5-13)8-6-14-10-4-2-3-9(12)11(8)10/h2-4,6-7H,5,13H2,1H3. The molecule has 1 aromatic carbocycles. The SMILES string of the molecule is CC(CN)c1coc2cccc(F)c12. The summed E-state index contributed by atoms with van der Waals surface area (Å²) in [6.45, 7) is 2.44. The Morgan fingerprint density at radius 1 is 1.50 bits per heavy atom. The summed E-state index contributed by atoms with van der Waals surface area (Å²) >= 11 is 0. The summed E-state index contributed by atoms with van der Waals surface area (Å²) in [5.74, 6) is -0.125. The van der Waals surface area contributed by atoms with Crippen molar-refractivity contribution in [2.24, 2.45) is 5.73 Å². The van der Waals surface area contributed by atoms with Crippen LogP contribution in [0, 0.1) is 5.82 Å². The van der Waals surface area contributed by atoms with E-state index in [1.807, 2.05) is 6.92 Å². The molecular formula is C11H12FNO. The van der Waals surface area contributed by atoms with Gasteiger partial charge in [0.25, 0.3) is 0 Å². The second-order valence-corrected chi connectivity index (χ2v) is 3.44. The van der Waals surface area contributed by atoms with Crippen LogP contribution in [0.4, 0.5) is 4.39 Å². The van der Waals surface area contributed by atoms with Crippen LogP contribution in [0.3, 0.4) is 0 Å². The van der Waals surface area contributed by atoms with E-state index >= 15 is 0 Å². The monoisotopic (exact) mass is 193 g/mol. The molecule has 0 aliphatic carbocycles. The Kier molecular flexibility index (Phi) is 2.25.